The summed E-state index contributed by atoms with van der Waals surface area (Å²) in [6.45, 7) is 0.474. The highest BCUT2D eigenvalue weighted by Crippen LogP contribution is 2.08. The van der Waals surface area contributed by atoms with E-state index in [9.17, 15) is 4.39 Å². The van der Waals surface area contributed by atoms with Crippen LogP contribution in [0.4, 0.5) is 4.39 Å². The van der Waals surface area contributed by atoms with Crippen molar-refractivity contribution < 1.29 is 8.91 Å². The zero-order valence-electron chi connectivity index (χ0n) is 9.10. The van der Waals surface area contributed by atoms with E-state index < -0.39 is 0 Å². The number of hydrogen-bond donors (Lipinski definition) is 1. The highest BCUT2D eigenvalue weighted by atomic mass is 35.5. The number of hydrogen-bond acceptors (Lipinski definition) is 4. The summed E-state index contributed by atoms with van der Waals surface area (Å²) in [5.74, 6) is 0.811. The van der Waals surface area contributed by atoms with Gasteiger partial charge in [0, 0.05) is 19.4 Å². The van der Waals surface area contributed by atoms with Crippen LogP contribution in [0.1, 0.15) is 17.3 Å². The largest absolute Gasteiger partial charge is 0.339 e. The molecule has 4 nitrogen and oxygen atoms in total. The Hall–Kier alpha value is -1.46. The Morgan fingerprint density at radius 2 is 2.18 bits per heavy atom. The van der Waals surface area contributed by atoms with Crippen LogP contribution in [0.15, 0.2) is 28.8 Å². The average molecular weight is 258 g/mol. The second-order valence-electron chi connectivity index (χ2n) is 3.45. The van der Waals surface area contributed by atoms with Crippen LogP contribution in [0.25, 0.3) is 0 Å². The fourth-order valence-electron chi connectivity index (χ4n) is 1.42. The van der Waals surface area contributed by atoms with Crippen LogP contribution >= 0.6 is 12.4 Å². The van der Waals surface area contributed by atoms with Crippen LogP contribution in [0.2, 0.25) is 0 Å². The van der Waals surface area contributed by atoms with E-state index in [0.29, 0.717) is 31.1 Å². The van der Waals surface area contributed by atoms with E-state index in [1.165, 1.54) is 12.1 Å². The minimum absolute atomic E-state index is 0. The molecular formula is C11H13ClFN3O. The predicted molar refractivity (Wildman–Crippen MR) is 63.5 cm³/mol. The third kappa shape index (κ3) is 3.80. The monoisotopic (exact) mass is 257 g/mol. The Labute approximate surface area is 104 Å². The van der Waals surface area contributed by atoms with Crippen LogP contribution < -0.4 is 5.73 Å². The molecule has 1 heterocycles. The maximum Gasteiger partial charge on any atom is 0.227 e. The Morgan fingerprint density at radius 1 is 1.35 bits per heavy atom. The first kappa shape index (κ1) is 13.6. The molecule has 0 aliphatic heterocycles. The summed E-state index contributed by atoms with van der Waals surface area (Å²) in [7, 11) is 0. The molecular weight excluding hydrogens is 245 g/mol. The molecule has 0 atom stereocenters. The molecule has 0 amide bonds. The van der Waals surface area contributed by atoms with Crippen LogP contribution in [0.3, 0.4) is 0 Å². The van der Waals surface area contributed by atoms with Crippen molar-refractivity contribution in [2.24, 2.45) is 5.73 Å². The fourth-order valence-corrected chi connectivity index (χ4v) is 1.42. The molecule has 2 aromatic rings. The fraction of sp³-hybridized carbons (Fsp3) is 0.273. The smallest absolute Gasteiger partial charge is 0.227 e. The number of aromatic nitrogens is 2. The zero-order valence-corrected chi connectivity index (χ0v) is 9.91. The van der Waals surface area contributed by atoms with Crippen molar-refractivity contribution in [3.05, 3.63) is 47.4 Å². The molecule has 2 N–H and O–H groups in total. The summed E-state index contributed by atoms with van der Waals surface area (Å²) >= 11 is 0. The van der Waals surface area contributed by atoms with Gasteiger partial charge in [0.1, 0.15) is 5.82 Å². The summed E-state index contributed by atoms with van der Waals surface area (Å²) in [5.41, 5.74) is 6.18. The lowest BCUT2D eigenvalue weighted by molar-refractivity contribution is 0.375. The normalized spacial score (nSPS) is 10.0. The molecule has 6 heteroatoms. The van der Waals surface area contributed by atoms with Crippen molar-refractivity contribution in [2.75, 3.05) is 6.54 Å². The summed E-state index contributed by atoms with van der Waals surface area (Å²) in [4.78, 5) is 4.14. The SMILES string of the molecule is Cl.NCCc1nc(Cc2cccc(F)c2)no1. The van der Waals surface area contributed by atoms with E-state index in [2.05, 4.69) is 10.1 Å². The lowest BCUT2D eigenvalue weighted by Gasteiger charge is -1.95. The molecule has 0 aliphatic carbocycles. The summed E-state index contributed by atoms with van der Waals surface area (Å²) < 4.78 is 17.9. The van der Waals surface area contributed by atoms with E-state index in [4.69, 9.17) is 10.3 Å². The first-order valence-electron chi connectivity index (χ1n) is 5.04. The van der Waals surface area contributed by atoms with Crippen molar-refractivity contribution in [1.29, 1.82) is 0 Å². The molecule has 92 valence electrons. The van der Waals surface area contributed by atoms with Gasteiger partial charge in [-0.3, -0.25) is 0 Å². The molecule has 0 radical (unpaired) electrons. The number of halogens is 2. The van der Waals surface area contributed by atoms with Crippen LogP contribution in [-0.4, -0.2) is 16.7 Å². The van der Waals surface area contributed by atoms with Gasteiger partial charge >= 0.3 is 0 Å². The van der Waals surface area contributed by atoms with Crippen molar-refractivity contribution >= 4 is 12.4 Å². The molecule has 0 saturated carbocycles. The zero-order chi connectivity index (χ0) is 11.4. The molecule has 0 aliphatic rings. The summed E-state index contributed by atoms with van der Waals surface area (Å²) in [6, 6.07) is 6.34. The highest BCUT2D eigenvalue weighted by molar-refractivity contribution is 5.85. The first-order valence-corrected chi connectivity index (χ1v) is 5.04. The van der Waals surface area contributed by atoms with Crippen molar-refractivity contribution in [1.82, 2.24) is 10.1 Å². The van der Waals surface area contributed by atoms with Crippen molar-refractivity contribution in [3.8, 4) is 0 Å². The molecule has 0 saturated heterocycles. The van der Waals surface area contributed by atoms with E-state index in [1.807, 2.05) is 6.07 Å². The molecule has 0 fully saturated rings. The van der Waals surface area contributed by atoms with E-state index >= 15 is 0 Å². The highest BCUT2D eigenvalue weighted by Gasteiger charge is 2.06. The van der Waals surface area contributed by atoms with Gasteiger partial charge in [0.25, 0.3) is 0 Å². The predicted octanol–water partition coefficient (Wildman–Crippen LogP) is 1.72. The van der Waals surface area contributed by atoms with Gasteiger partial charge in [0.15, 0.2) is 5.82 Å². The Kier molecular flexibility index (Phi) is 5.06. The minimum atomic E-state index is -0.261. The standard InChI is InChI=1S/C11H12FN3O.ClH/c12-9-3-1-2-8(6-9)7-10-14-11(4-5-13)16-15-10;/h1-3,6H,4-5,7,13H2;1H. The van der Waals surface area contributed by atoms with E-state index in [-0.39, 0.29) is 18.2 Å². The van der Waals surface area contributed by atoms with Gasteiger partial charge in [0.05, 0.1) is 0 Å². The number of nitrogens with zero attached hydrogens (tertiary/aromatic N) is 2. The lowest BCUT2D eigenvalue weighted by Crippen LogP contribution is -2.02. The molecule has 17 heavy (non-hydrogen) atoms. The van der Waals surface area contributed by atoms with Crippen LogP contribution in [-0.2, 0) is 12.8 Å². The van der Waals surface area contributed by atoms with Gasteiger partial charge < -0.3 is 10.3 Å². The second kappa shape index (κ2) is 6.32. The maximum absolute atomic E-state index is 12.9. The third-order valence-corrected chi connectivity index (χ3v) is 2.12. The number of nitrogens with two attached hydrogens (primary N) is 1. The Bertz CT molecular complexity index is 475. The summed E-state index contributed by atoms with van der Waals surface area (Å²) in [6.07, 6.45) is 1.03. The van der Waals surface area contributed by atoms with Gasteiger partial charge in [-0.2, -0.15) is 4.98 Å². The molecule has 1 aromatic carbocycles. The molecule has 1 aromatic heterocycles. The molecule has 0 bridgehead atoms. The van der Waals surface area contributed by atoms with Gasteiger partial charge in [-0.25, -0.2) is 4.39 Å². The summed E-state index contributed by atoms with van der Waals surface area (Å²) in [5, 5.41) is 3.80. The number of rotatable bonds is 4. The second-order valence-corrected chi connectivity index (χ2v) is 3.45. The minimum Gasteiger partial charge on any atom is -0.339 e. The van der Waals surface area contributed by atoms with Gasteiger partial charge in [-0.1, -0.05) is 17.3 Å². The Morgan fingerprint density at radius 3 is 2.88 bits per heavy atom. The number of benzene rings is 1. The van der Waals surface area contributed by atoms with Crippen molar-refractivity contribution in [2.45, 2.75) is 12.8 Å². The third-order valence-electron chi connectivity index (χ3n) is 2.12. The Balaban J connectivity index is 0.00000144. The van der Waals surface area contributed by atoms with Crippen LogP contribution in [0.5, 0.6) is 0 Å². The average Bonchev–Trinajstić information content (AvgIpc) is 2.66. The van der Waals surface area contributed by atoms with E-state index in [1.54, 1.807) is 6.07 Å². The molecule has 0 unspecified atom stereocenters. The van der Waals surface area contributed by atoms with Crippen molar-refractivity contribution in [3.63, 3.8) is 0 Å². The maximum atomic E-state index is 12.9. The van der Waals surface area contributed by atoms with Gasteiger partial charge in [0.2, 0.25) is 5.89 Å². The van der Waals surface area contributed by atoms with Crippen LogP contribution in [0, 0.1) is 5.82 Å². The quantitative estimate of drug-likeness (QED) is 0.906. The first-order chi connectivity index (χ1) is 7.78. The van der Waals surface area contributed by atoms with E-state index in [0.717, 1.165) is 5.56 Å². The molecule has 0 spiro atoms. The lowest BCUT2D eigenvalue weighted by atomic mass is 10.1. The van der Waals surface area contributed by atoms with Gasteiger partial charge in [-0.15, -0.1) is 12.4 Å². The van der Waals surface area contributed by atoms with Gasteiger partial charge in [-0.05, 0) is 17.7 Å². The molecule has 2 rings (SSSR count). The topological polar surface area (TPSA) is 64.9 Å².